The third-order valence-electron chi connectivity index (χ3n) is 8.87. The van der Waals surface area contributed by atoms with Crippen molar-refractivity contribution in [2.45, 2.75) is 25.2 Å². The molecule has 8 rings (SSSR count). The Balaban J connectivity index is 1.31. The molecule has 1 unspecified atom stereocenters. The smallest absolute Gasteiger partial charge is 0.137 e. The van der Waals surface area contributed by atoms with E-state index in [0.717, 1.165) is 52.6 Å². The van der Waals surface area contributed by atoms with E-state index in [1.807, 2.05) is 0 Å². The normalized spacial score (nSPS) is 16.2. The molecule has 0 saturated carbocycles. The number of fused-ring (bicyclic) bond motifs is 3. The van der Waals surface area contributed by atoms with Gasteiger partial charge in [0.05, 0.1) is 11.1 Å². The summed E-state index contributed by atoms with van der Waals surface area (Å²) < 4.78 is 6.47. The Kier molecular flexibility index (Phi) is 6.81. The fourth-order valence-corrected chi connectivity index (χ4v) is 6.65. The number of furan rings is 1. The highest BCUT2D eigenvalue weighted by Gasteiger charge is 2.23. The first-order valence-corrected chi connectivity index (χ1v) is 15.5. The minimum Gasteiger partial charge on any atom is -0.456 e. The third-order valence-corrected chi connectivity index (χ3v) is 8.87. The van der Waals surface area contributed by atoms with Gasteiger partial charge >= 0.3 is 0 Å². The Bertz CT molecular complexity index is 2080. The number of nitrogens with zero attached hydrogens (tertiary/aromatic N) is 1. The molecule has 0 saturated heterocycles. The summed E-state index contributed by atoms with van der Waals surface area (Å²) in [5, 5.41) is 2.25. The van der Waals surface area contributed by atoms with E-state index in [4.69, 9.17) is 4.42 Å². The topological polar surface area (TPSA) is 16.4 Å². The van der Waals surface area contributed by atoms with Crippen molar-refractivity contribution in [3.05, 3.63) is 175 Å². The summed E-state index contributed by atoms with van der Waals surface area (Å²) in [6.45, 7) is 0. The van der Waals surface area contributed by atoms with Crippen LogP contribution in [0.3, 0.4) is 0 Å². The van der Waals surface area contributed by atoms with Gasteiger partial charge in [-0.05, 0) is 89.6 Å². The first-order valence-electron chi connectivity index (χ1n) is 15.5. The molecule has 5 aromatic carbocycles. The van der Waals surface area contributed by atoms with E-state index in [2.05, 4.69) is 163 Å². The lowest BCUT2D eigenvalue weighted by atomic mass is 9.90. The molecule has 0 N–H and O–H groups in total. The zero-order valence-corrected chi connectivity index (χ0v) is 24.6. The van der Waals surface area contributed by atoms with E-state index in [-0.39, 0.29) is 0 Å². The van der Waals surface area contributed by atoms with Crippen molar-refractivity contribution in [1.29, 1.82) is 0 Å². The van der Waals surface area contributed by atoms with Crippen LogP contribution in [0, 0.1) is 0 Å². The number of benzene rings is 5. The molecule has 2 heteroatoms. The number of anilines is 2. The summed E-state index contributed by atoms with van der Waals surface area (Å²) in [7, 11) is 0. The van der Waals surface area contributed by atoms with E-state index in [1.165, 1.54) is 33.5 Å². The molecule has 44 heavy (non-hydrogen) atoms. The van der Waals surface area contributed by atoms with Gasteiger partial charge in [0, 0.05) is 22.7 Å². The minimum atomic E-state index is 0.308. The number of hydrogen-bond acceptors (Lipinski definition) is 2. The van der Waals surface area contributed by atoms with Crippen LogP contribution < -0.4 is 4.90 Å². The minimum absolute atomic E-state index is 0.308. The third kappa shape index (κ3) is 4.89. The van der Waals surface area contributed by atoms with Gasteiger partial charge in [0.25, 0.3) is 0 Å². The van der Waals surface area contributed by atoms with Crippen molar-refractivity contribution in [3.8, 4) is 11.1 Å². The molecule has 2 aliphatic rings. The summed E-state index contributed by atoms with van der Waals surface area (Å²) in [6.07, 6.45) is 16.8. The van der Waals surface area contributed by atoms with Crippen molar-refractivity contribution in [2.24, 2.45) is 0 Å². The van der Waals surface area contributed by atoms with Crippen LogP contribution in [0.2, 0.25) is 0 Å². The van der Waals surface area contributed by atoms with E-state index < -0.39 is 0 Å². The van der Waals surface area contributed by atoms with Gasteiger partial charge in [0.15, 0.2) is 0 Å². The van der Waals surface area contributed by atoms with Crippen LogP contribution in [0.1, 0.15) is 36.3 Å². The monoisotopic (exact) mass is 567 g/mol. The maximum Gasteiger partial charge on any atom is 0.137 e. The molecule has 0 fully saturated rings. The average molecular weight is 568 g/mol. The van der Waals surface area contributed by atoms with E-state index >= 15 is 0 Å². The van der Waals surface area contributed by atoms with Crippen LogP contribution in [-0.2, 0) is 0 Å². The Morgan fingerprint density at radius 1 is 0.659 bits per heavy atom. The number of allylic oxidation sites excluding steroid dienone is 7. The predicted molar refractivity (Wildman–Crippen MR) is 185 cm³/mol. The van der Waals surface area contributed by atoms with Gasteiger partial charge in [-0.25, -0.2) is 0 Å². The van der Waals surface area contributed by atoms with Gasteiger partial charge in [-0.2, -0.15) is 0 Å². The summed E-state index contributed by atoms with van der Waals surface area (Å²) >= 11 is 0. The van der Waals surface area contributed by atoms with E-state index in [9.17, 15) is 0 Å². The highest BCUT2D eigenvalue weighted by atomic mass is 16.3. The largest absolute Gasteiger partial charge is 0.456 e. The van der Waals surface area contributed by atoms with Gasteiger partial charge in [0.2, 0.25) is 0 Å². The molecule has 0 aliphatic heterocycles. The summed E-state index contributed by atoms with van der Waals surface area (Å²) in [5.41, 5.74) is 11.6. The van der Waals surface area contributed by atoms with Crippen LogP contribution >= 0.6 is 0 Å². The predicted octanol–water partition coefficient (Wildman–Crippen LogP) is 11.8. The van der Waals surface area contributed by atoms with Crippen LogP contribution in [-0.4, -0.2) is 0 Å². The maximum absolute atomic E-state index is 6.47. The zero-order valence-electron chi connectivity index (χ0n) is 24.6. The maximum atomic E-state index is 6.47. The molecular weight excluding hydrogens is 534 g/mol. The second-order valence-corrected chi connectivity index (χ2v) is 11.6. The zero-order chi connectivity index (χ0) is 29.3. The van der Waals surface area contributed by atoms with Crippen molar-refractivity contribution in [1.82, 2.24) is 0 Å². The molecule has 1 aromatic heterocycles. The lowest BCUT2D eigenvalue weighted by Gasteiger charge is -2.30. The van der Waals surface area contributed by atoms with Crippen LogP contribution in [0.5, 0.6) is 0 Å². The summed E-state index contributed by atoms with van der Waals surface area (Å²) in [4.78, 5) is 2.41. The number of rotatable bonds is 6. The van der Waals surface area contributed by atoms with Gasteiger partial charge < -0.3 is 9.32 Å². The molecule has 0 amide bonds. The fourth-order valence-electron chi connectivity index (χ4n) is 6.65. The van der Waals surface area contributed by atoms with Crippen molar-refractivity contribution >= 4 is 38.9 Å². The van der Waals surface area contributed by atoms with E-state index in [0.29, 0.717) is 5.92 Å². The van der Waals surface area contributed by atoms with Gasteiger partial charge in [-0.3, -0.25) is 0 Å². The molecular formula is C42H33NO. The Labute approximate surface area is 258 Å². The molecule has 0 radical (unpaired) electrons. The average Bonchev–Trinajstić information content (AvgIpc) is 3.49. The van der Waals surface area contributed by atoms with Gasteiger partial charge in [-0.15, -0.1) is 0 Å². The Morgan fingerprint density at radius 3 is 2.25 bits per heavy atom. The Morgan fingerprint density at radius 2 is 1.45 bits per heavy atom. The van der Waals surface area contributed by atoms with E-state index in [1.54, 1.807) is 0 Å². The molecule has 2 aliphatic carbocycles. The van der Waals surface area contributed by atoms with Crippen LogP contribution in [0.15, 0.2) is 168 Å². The molecule has 0 spiro atoms. The molecule has 1 atom stereocenters. The highest BCUT2D eigenvalue weighted by molar-refractivity contribution is 6.13. The van der Waals surface area contributed by atoms with Crippen molar-refractivity contribution < 1.29 is 4.42 Å². The van der Waals surface area contributed by atoms with Crippen molar-refractivity contribution in [2.75, 3.05) is 4.90 Å². The highest BCUT2D eigenvalue weighted by Crippen LogP contribution is 2.43. The quantitative estimate of drug-likeness (QED) is 0.199. The lowest BCUT2D eigenvalue weighted by Crippen LogP contribution is -2.18. The van der Waals surface area contributed by atoms with Gasteiger partial charge in [0.1, 0.15) is 11.2 Å². The standard InChI is InChI=1S/C42H33NO/c1-4-12-30(13-5-1)33-22-25-36(26-23-33)43(37-19-10-18-34(28-37)31-14-6-2-7-15-31)39-20-11-21-41-42(39)38-29-35(24-27-40(38)44-41)32-16-8-3-9-17-32/h1-4,6-12,14-17,19-29,34H,5,13,18H2. The second-order valence-electron chi connectivity index (χ2n) is 11.6. The first-order chi connectivity index (χ1) is 21.8. The van der Waals surface area contributed by atoms with Crippen molar-refractivity contribution in [3.63, 3.8) is 0 Å². The summed E-state index contributed by atoms with van der Waals surface area (Å²) in [5.74, 6) is 0.308. The second kappa shape index (κ2) is 11.4. The molecule has 212 valence electrons. The molecule has 2 nitrogen and oxygen atoms in total. The lowest BCUT2D eigenvalue weighted by molar-refractivity contribution is 0.669. The first kappa shape index (κ1) is 26.3. The van der Waals surface area contributed by atoms with Gasteiger partial charge in [-0.1, -0.05) is 115 Å². The van der Waals surface area contributed by atoms with Crippen LogP contribution in [0.4, 0.5) is 11.4 Å². The fraction of sp³-hybridized carbons (Fsp3) is 0.0952. The molecule has 6 aromatic rings. The summed E-state index contributed by atoms with van der Waals surface area (Å²) in [6, 6.07) is 43.5. The SMILES string of the molecule is C1=CCCC(c2ccc(N(C3=CC(c4ccccc4)CC=C3)c3cccc4oc5ccc(-c6ccccc6)cc5c34)cc2)=C1. The Hall–Kier alpha value is -5.34. The van der Waals surface area contributed by atoms with Crippen LogP contribution in [0.25, 0.3) is 38.6 Å². The molecule has 1 heterocycles. The number of hydrogen-bond donors (Lipinski definition) is 0. The molecule has 0 bridgehead atoms.